The summed E-state index contributed by atoms with van der Waals surface area (Å²) in [7, 11) is 1.59. The van der Waals surface area contributed by atoms with Gasteiger partial charge in [-0.05, 0) is 175 Å². The third kappa shape index (κ3) is 30.3. The van der Waals surface area contributed by atoms with Crippen molar-refractivity contribution in [2.45, 2.75) is 314 Å². The standard InChI is InChI=1S/C46H61NO9.C46H61NO8/c1-6-37-28-41(53-33(3)52-37)30-42-29-40(27-32(2)48)54-45(55-42)15-13-11-9-7-8-10-12-14-26-51-44-31-39(50-5)24-25-43(44)46(49)56-38-22-18-35(19-23-38)34-16-20-36(47-4)21-17-34;1-6-38-29-41(52-34(4)51-38)31-42-30-40(28-33(3)48)53-45(54-42)15-13-11-9-7-8-10-12-14-26-50-44-27-32(2)16-25-43(44)46(49)55-39-23-19-36(20-24-39)35-17-21-37(47-5)22-18-35/h16-25,31-33,37,40-42,45,48H,6-15,26-30H2,1-3,5H3;16-25,27,33-34,38,40-42,45,48H,6-15,26,28-31H2,1-4H3. The highest BCUT2D eigenvalue weighted by atomic mass is 16.7. The fourth-order valence-electron chi connectivity index (χ4n) is 15.1. The first-order valence-electron chi connectivity index (χ1n) is 41.2. The van der Waals surface area contributed by atoms with Gasteiger partial charge in [0.2, 0.25) is 0 Å². The molecule has 10 rings (SSSR count). The van der Waals surface area contributed by atoms with E-state index in [-0.39, 0.29) is 74.0 Å². The minimum absolute atomic E-state index is 0.00204. The van der Waals surface area contributed by atoms with Gasteiger partial charge >= 0.3 is 11.9 Å². The van der Waals surface area contributed by atoms with Gasteiger partial charge in [-0.15, -0.1) is 0 Å². The van der Waals surface area contributed by atoms with Crippen LogP contribution in [0.2, 0.25) is 0 Å². The molecule has 4 aliphatic rings. The molecule has 0 amide bonds. The second kappa shape index (κ2) is 47.0. The van der Waals surface area contributed by atoms with E-state index in [9.17, 15) is 19.8 Å². The predicted octanol–water partition coefficient (Wildman–Crippen LogP) is 21.5. The molecule has 4 heterocycles. The summed E-state index contributed by atoms with van der Waals surface area (Å²) in [4.78, 5) is 33.2. The smallest absolute Gasteiger partial charge is 0.347 e. The minimum atomic E-state index is -0.498. The lowest BCUT2D eigenvalue weighted by Crippen LogP contribution is -2.43. The number of hydrogen-bond donors (Lipinski definition) is 2. The van der Waals surface area contributed by atoms with Crippen molar-refractivity contribution < 1.29 is 81.4 Å². The monoisotopic (exact) mass is 1530 g/mol. The van der Waals surface area contributed by atoms with Gasteiger partial charge in [0.1, 0.15) is 39.9 Å². The Morgan fingerprint density at radius 3 is 1.13 bits per heavy atom. The summed E-state index contributed by atoms with van der Waals surface area (Å²) in [5.41, 5.74) is 6.87. The van der Waals surface area contributed by atoms with Crippen LogP contribution >= 0.6 is 0 Å². The number of nitrogens with zero attached hydrogens (tertiary/aromatic N) is 2. The Kier molecular flexibility index (Phi) is 37.0. The van der Waals surface area contributed by atoms with Crippen LogP contribution in [0, 0.1) is 20.1 Å². The van der Waals surface area contributed by atoms with E-state index in [1.54, 1.807) is 79.9 Å². The zero-order valence-electron chi connectivity index (χ0n) is 66.9. The number of esters is 2. The lowest BCUT2D eigenvalue weighted by molar-refractivity contribution is -0.272. The number of rotatable bonds is 41. The van der Waals surface area contributed by atoms with Crippen LogP contribution < -0.4 is 23.7 Å². The van der Waals surface area contributed by atoms with Gasteiger partial charge in [0.15, 0.2) is 36.5 Å². The topological polar surface area (TPSA) is 203 Å². The SMILES string of the molecule is [C-]#[N+]c1ccc(-c2ccc(OC(=O)c3ccc(C)cc3OCCCCCCCCCCC3OC(CC(C)O)CC(CC4CC(CC)OC(C)O4)O3)cc2)cc1.[C-]#[N+]c1ccc(-c2ccc(OC(=O)c3ccc(OC)cc3OCCCCCCCCCCC3OC(CC(C)O)CC(CC4CC(CC)OC(C)O4)O3)cc2)cc1. The number of aliphatic hydroxyl groups is 2. The lowest BCUT2D eigenvalue weighted by Gasteiger charge is -2.40. The Morgan fingerprint density at radius 2 is 0.748 bits per heavy atom. The molecule has 2 N–H and O–H groups in total. The molecule has 4 saturated heterocycles. The summed E-state index contributed by atoms with van der Waals surface area (Å²) in [5.74, 6) is 1.54. The molecule has 602 valence electrons. The molecule has 0 aromatic heterocycles. The van der Waals surface area contributed by atoms with Crippen LogP contribution in [0.4, 0.5) is 11.4 Å². The van der Waals surface area contributed by atoms with Gasteiger partial charge in [-0.1, -0.05) is 170 Å². The molecule has 14 unspecified atom stereocenters. The first kappa shape index (κ1) is 87.2. The van der Waals surface area contributed by atoms with Crippen LogP contribution in [0.25, 0.3) is 31.9 Å². The molecule has 19 nitrogen and oxygen atoms in total. The molecule has 0 aliphatic carbocycles. The average molecular weight is 1530 g/mol. The van der Waals surface area contributed by atoms with Crippen LogP contribution in [0.1, 0.15) is 248 Å². The highest BCUT2D eigenvalue weighted by Crippen LogP contribution is 2.36. The summed E-state index contributed by atoms with van der Waals surface area (Å²) in [6.07, 6.45) is 26.8. The Hall–Kier alpha value is -7.76. The van der Waals surface area contributed by atoms with Gasteiger partial charge in [0.25, 0.3) is 0 Å². The van der Waals surface area contributed by atoms with E-state index >= 15 is 0 Å². The molecule has 6 aromatic carbocycles. The van der Waals surface area contributed by atoms with Crippen molar-refractivity contribution in [3.63, 3.8) is 0 Å². The summed E-state index contributed by atoms with van der Waals surface area (Å²) < 4.78 is 78.4. The molecule has 19 heteroatoms. The summed E-state index contributed by atoms with van der Waals surface area (Å²) in [6, 6.07) is 40.1. The second-order valence-corrected chi connectivity index (χ2v) is 30.4. The zero-order valence-corrected chi connectivity index (χ0v) is 66.9. The van der Waals surface area contributed by atoms with Gasteiger partial charge in [-0.2, -0.15) is 0 Å². The largest absolute Gasteiger partial charge is 0.497 e. The van der Waals surface area contributed by atoms with Gasteiger partial charge < -0.3 is 71.8 Å². The second-order valence-electron chi connectivity index (χ2n) is 30.4. The predicted molar refractivity (Wildman–Crippen MR) is 431 cm³/mol. The minimum Gasteiger partial charge on any atom is -0.497 e. The van der Waals surface area contributed by atoms with Crippen molar-refractivity contribution in [3.8, 4) is 51.0 Å². The molecular weight excluding hydrogens is 1410 g/mol. The van der Waals surface area contributed by atoms with Gasteiger partial charge in [-0.25, -0.2) is 19.3 Å². The van der Waals surface area contributed by atoms with E-state index in [4.69, 9.17) is 74.7 Å². The first-order valence-corrected chi connectivity index (χ1v) is 41.2. The van der Waals surface area contributed by atoms with E-state index in [0.29, 0.717) is 77.3 Å². The number of carbonyl (C=O) groups excluding carboxylic acids is 2. The number of unbranched alkanes of at least 4 members (excludes halogenated alkanes) is 14. The van der Waals surface area contributed by atoms with E-state index in [0.717, 1.165) is 156 Å². The number of aryl methyl sites for hydroxylation is 1. The van der Waals surface area contributed by atoms with Gasteiger partial charge in [0, 0.05) is 44.6 Å². The van der Waals surface area contributed by atoms with E-state index in [1.807, 2.05) is 95.3 Å². The molecule has 4 aliphatic heterocycles. The van der Waals surface area contributed by atoms with Crippen LogP contribution in [0.15, 0.2) is 133 Å². The highest BCUT2D eigenvalue weighted by molar-refractivity contribution is 5.95. The summed E-state index contributed by atoms with van der Waals surface area (Å²) >= 11 is 0. The number of aliphatic hydroxyl groups excluding tert-OH is 2. The normalized spacial score (nSPS) is 23.0. The van der Waals surface area contributed by atoms with Crippen molar-refractivity contribution in [2.75, 3.05) is 20.3 Å². The molecular formula is C92H122N2O17. The van der Waals surface area contributed by atoms with Gasteiger partial charge in [0.05, 0.1) is 94.5 Å². The molecule has 0 radical (unpaired) electrons. The number of methoxy groups -OCH3 is 1. The maximum atomic E-state index is 13.2. The van der Waals surface area contributed by atoms with E-state index < -0.39 is 24.1 Å². The lowest BCUT2D eigenvalue weighted by atomic mass is 9.96. The Morgan fingerprint density at radius 1 is 0.423 bits per heavy atom. The first-order chi connectivity index (χ1) is 53.9. The van der Waals surface area contributed by atoms with Gasteiger partial charge in [-0.3, -0.25) is 0 Å². The van der Waals surface area contributed by atoms with E-state index in [2.05, 4.69) is 23.5 Å². The number of carbonyl (C=O) groups is 2. The quantitative estimate of drug-likeness (QED) is 0.0159. The van der Waals surface area contributed by atoms with Crippen molar-refractivity contribution in [1.29, 1.82) is 0 Å². The van der Waals surface area contributed by atoms with E-state index in [1.165, 1.54) is 38.5 Å². The fourth-order valence-corrected chi connectivity index (χ4v) is 15.1. The van der Waals surface area contributed by atoms with Crippen molar-refractivity contribution in [2.24, 2.45) is 0 Å². The van der Waals surface area contributed by atoms with Crippen molar-refractivity contribution in [1.82, 2.24) is 0 Å². The van der Waals surface area contributed by atoms with Crippen LogP contribution in [0.3, 0.4) is 0 Å². The summed E-state index contributed by atoms with van der Waals surface area (Å²) in [6.45, 7) is 29.2. The molecule has 0 saturated carbocycles. The molecule has 6 aromatic rings. The van der Waals surface area contributed by atoms with Crippen molar-refractivity contribution in [3.05, 3.63) is 173 Å². The maximum absolute atomic E-state index is 13.2. The Balaban J connectivity index is 0.000000255. The number of hydrogen-bond acceptors (Lipinski definition) is 17. The fraction of sp³-hybridized carbons (Fsp3) is 0.565. The van der Waals surface area contributed by atoms with Crippen LogP contribution in [0.5, 0.6) is 28.7 Å². The number of ether oxygens (including phenoxy) is 13. The van der Waals surface area contributed by atoms with Crippen LogP contribution in [-0.2, 0) is 37.9 Å². The molecule has 0 spiro atoms. The zero-order chi connectivity index (χ0) is 78.7. The van der Waals surface area contributed by atoms with Crippen molar-refractivity contribution >= 4 is 23.3 Å². The number of benzene rings is 6. The average Bonchev–Trinajstić information content (AvgIpc) is 0.856. The molecule has 0 bridgehead atoms. The van der Waals surface area contributed by atoms with Crippen LogP contribution in [-0.4, -0.2) is 129 Å². The molecule has 4 fully saturated rings. The Labute approximate surface area is 660 Å². The highest BCUT2D eigenvalue weighted by Gasteiger charge is 2.37. The third-order valence-electron chi connectivity index (χ3n) is 20.9. The molecule has 14 atom stereocenters. The third-order valence-corrected chi connectivity index (χ3v) is 20.9. The summed E-state index contributed by atoms with van der Waals surface area (Å²) in [5, 5.41) is 20.1. The Bertz CT molecular complexity index is 3780. The molecule has 111 heavy (non-hydrogen) atoms. The maximum Gasteiger partial charge on any atom is 0.347 e.